The lowest BCUT2D eigenvalue weighted by molar-refractivity contribution is -0.133. The van der Waals surface area contributed by atoms with Gasteiger partial charge in [-0.05, 0) is 23.1 Å². The number of hydrogen-bond acceptors (Lipinski definition) is 6. The predicted molar refractivity (Wildman–Crippen MR) is 89.3 cm³/mol. The van der Waals surface area contributed by atoms with Crippen molar-refractivity contribution in [3.63, 3.8) is 0 Å². The van der Waals surface area contributed by atoms with E-state index < -0.39 is 5.82 Å². The second-order valence-corrected chi connectivity index (χ2v) is 6.09. The summed E-state index contributed by atoms with van der Waals surface area (Å²) in [5, 5.41) is 0. The van der Waals surface area contributed by atoms with Gasteiger partial charge in [0.05, 0.1) is 19.0 Å². The van der Waals surface area contributed by atoms with E-state index in [1.807, 2.05) is 11.1 Å². The Balaban J connectivity index is 1.67. The minimum atomic E-state index is -0.450. The van der Waals surface area contributed by atoms with Crippen LogP contribution in [0.15, 0.2) is 24.8 Å². The molecule has 0 saturated heterocycles. The summed E-state index contributed by atoms with van der Waals surface area (Å²) in [6.07, 6.45) is 6.73. The first-order valence-electron chi connectivity index (χ1n) is 7.99. The zero-order valence-corrected chi connectivity index (χ0v) is 14.3. The van der Waals surface area contributed by atoms with Gasteiger partial charge in [-0.1, -0.05) is 0 Å². The molecule has 0 bridgehead atoms. The molecule has 3 rings (SSSR count). The van der Waals surface area contributed by atoms with Crippen molar-refractivity contribution in [2.75, 3.05) is 32.1 Å². The van der Waals surface area contributed by atoms with Gasteiger partial charge in [0.2, 0.25) is 11.9 Å². The van der Waals surface area contributed by atoms with E-state index in [4.69, 9.17) is 4.74 Å². The fraction of sp³-hybridized carbons (Fsp3) is 0.412. The highest BCUT2D eigenvalue weighted by atomic mass is 19.1. The zero-order valence-electron chi connectivity index (χ0n) is 14.3. The number of pyridine rings is 1. The average Bonchev–Trinajstić information content (AvgIpc) is 2.62. The molecule has 3 heterocycles. The Morgan fingerprint density at radius 1 is 1.28 bits per heavy atom. The lowest BCUT2D eigenvalue weighted by atomic mass is 9.98. The number of aromatic nitrogens is 3. The Hall–Kier alpha value is -2.61. The third-order valence-corrected chi connectivity index (χ3v) is 4.10. The molecule has 2 aromatic rings. The van der Waals surface area contributed by atoms with Crippen molar-refractivity contribution in [1.29, 1.82) is 0 Å². The van der Waals surface area contributed by atoms with Gasteiger partial charge in [0.25, 0.3) is 0 Å². The van der Waals surface area contributed by atoms with E-state index in [0.29, 0.717) is 19.1 Å². The Kier molecular flexibility index (Phi) is 5.18. The smallest absolute Gasteiger partial charge is 0.248 e. The standard InChI is InChI=1S/C17H20FN5O2/c1-22(2)16(24)11-25-10-13-6-19-5-12-9-23(4-3-15(12)13)17-20-7-14(18)8-21-17/h5-8H,3-4,9-11H2,1-2H3. The monoisotopic (exact) mass is 345 g/mol. The Morgan fingerprint density at radius 3 is 2.76 bits per heavy atom. The number of anilines is 1. The van der Waals surface area contributed by atoms with Crippen LogP contribution >= 0.6 is 0 Å². The lowest BCUT2D eigenvalue weighted by Crippen LogP contribution is -2.32. The summed E-state index contributed by atoms with van der Waals surface area (Å²) >= 11 is 0. The van der Waals surface area contributed by atoms with Crippen LogP contribution in [0, 0.1) is 5.82 Å². The number of rotatable bonds is 5. The number of carbonyl (C=O) groups is 1. The number of fused-ring (bicyclic) bond motifs is 1. The minimum absolute atomic E-state index is 0.0478. The summed E-state index contributed by atoms with van der Waals surface area (Å²) in [6, 6.07) is 0. The molecule has 25 heavy (non-hydrogen) atoms. The number of amides is 1. The summed E-state index contributed by atoms with van der Waals surface area (Å²) in [6.45, 7) is 1.74. The maximum atomic E-state index is 13.0. The second kappa shape index (κ2) is 7.52. The van der Waals surface area contributed by atoms with Crippen LogP contribution in [0.3, 0.4) is 0 Å². The molecular formula is C17H20FN5O2. The van der Waals surface area contributed by atoms with Crippen LogP contribution < -0.4 is 4.90 Å². The van der Waals surface area contributed by atoms with Crippen molar-refractivity contribution in [2.24, 2.45) is 0 Å². The second-order valence-electron chi connectivity index (χ2n) is 6.09. The third-order valence-electron chi connectivity index (χ3n) is 4.10. The number of likely N-dealkylation sites (N-methyl/N-ethyl adjacent to an activating group) is 1. The summed E-state index contributed by atoms with van der Waals surface area (Å²) in [7, 11) is 3.40. The summed E-state index contributed by atoms with van der Waals surface area (Å²) in [4.78, 5) is 27.4. The van der Waals surface area contributed by atoms with Gasteiger partial charge in [-0.3, -0.25) is 9.78 Å². The molecule has 1 amide bonds. The number of nitrogens with zero attached hydrogens (tertiary/aromatic N) is 5. The predicted octanol–water partition coefficient (Wildman–Crippen LogP) is 1.18. The molecule has 132 valence electrons. The first kappa shape index (κ1) is 17.2. The topological polar surface area (TPSA) is 71.5 Å². The molecule has 0 spiro atoms. The number of hydrogen-bond donors (Lipinski definition) is 0. The van der Waals surface area contributed by atoms with E-state index in [1.165, 1.54) is 22.9 Å². The molecule has 0 fully saturated rings. The number of halogens is 1. The van der Waals surface area contributed by atoms with Crippen molar-refractivity contribution >= 4 is 11.9 Å². The molecule has 7 nitrogen and oxygen atoms in total. The quantitative estimate of drug-likeness (QED) is 0.810. The molecule has 1 aliphatic heterocycles. The Morgan fingerprint density at radius 2 is 2.04 bits per heavy atom. The molecule has 0 aliphatic carbocycles. The van der Waals surface area contributed by atoms with Gasteiger partial charge in [-0.2, -0.15) is 0 Å². The van der Waals surface area contributed by atoms with Gasteiger partial charge in [0.15, 0.2) is 5.82 Å². The van der Waals surface area contributed by atoms with E-state index in [0.717, 1.165) is 24.1 Å². The SMILES string of the molecule is CN(C)C(=O)COCc1cncc2c1CCN(c1ncc(F)cn1)C2. The van der Waals surface area contributed by atoms with Gasteiger partial charge in [-0.25, -0.2) is 14.4 Å². The van der Waals surface area contributed by atoms with Crippen LogP contribution in [-0.2, 0) is 29.1 Å². The number of carbonyl (C=O) groups excluding carboxylic acids is 1. The molecule has 0 N–H and O–H groups in total. The van der Waals surface area contributed by atoms with Gasteiger partial charge in [-0.15, -0.1) is 0 Å². The Bertz CT molecular complexity index is 751. The molecule has 2 aromatic heterocycles. The van der Waals surface area contributed by atoms with Crippen molar-refractivity contribution in [3.05, 3.63) is 47.3 Å². The van der Waals surface area contributed by atoms with Crippen LogP contribution in [0.4, 0.5) is 10.3 Å². The fourth-order valence-electron chi connectivity index (χ4n) is 2.71. The van der Waals surface area contributed by atoms with Crippen molar-refractivity contribution < 1.29 is 13.9 Å². The van der Waals surface area contributed by atoms with Crippen LogP contribution in [-0.4, -0.2) is 53.0 Å². The van der Waals surface area contributed by atoms with Crippen molar-refractivity contribution in [2.45, 2.75) is 19.6 Å². The molecule has 0 unspecified atom stereocenters. The minimum Gasteiger partial charge on any atom is -0.367 e. The molecular weight excluding hydrogens is 325 g/mol. The van der Waals surface area contributed by atoms with Gasteiger partial charge >= 0.3 is 0 Å². The van der Waals surface area contributed by atoms with Crippen LogP contribution in [0.1, 0.15) is 16.7 Å². The van der Waals surface area contributed by atoms with E-state index in [2.05, 4.69) is 15.0 Å². The fourth-order valence-corrected chi connectivity index (χ4v) is 2.71. The maximum Gasteiger partial charge on any atom is 0.248 e. The van der Waals surface area contributed by atoms with Crippen molar-refractivity contribution in [1.82, 2.24) is 19.9 Å². The molecule has 8 heteroatoms. The summed E-state index contributed by atoms with van der Waals surface area (Å²) < 4.78 is 18.5. The first-order chi connectivity index (χ1) is 12.0. The highest BCUT2D eigenvalue weighted by molar-refractivity contribution is 5.76. The highest BCUT2D eigenvalue weighted by Gasteiger charge is 2.21. The van der Waals surface area contributed by atoms with E-state index in [-0.39, 0.29) is 12.5 Å². The molecule has 1 aliphatic rings. The first-order valence-corrected chi connectivity index (χ1v) is 7.99. The van der Waals surface area contributed by atoms with Crippen LogP contribution in [0.5, 0.6) is 0 Å². The molecule has 0 atom stereocenters. The van der Waals surface area contributed by atoms with E-state index in [9.17, 15) is 9.18 Å². The average molecular weight is 345 g/mol. The van der Waals surface area contributed by atoms with Crippen LogP contribution in [0.25, 0.3) is 0 Å². The number of ether oxygens (including phenoxy) is 1. The van der Waals surface area contributed by atoms with Gasteiger partial charge < -0.3 is 14.5 Å². The summed E-state index contributed by atoms with van der Waals surface area (Å²) in [5.41, 5.74) is 3.24. The zero-order chi connectivity index (χ0) is 17.8. The van der Waals surface area contributed by atoms with Crippen LogP contribution in [0.2, 0.25) is 0 Å². The maximum absolute atomic E-state index is 13.0. The molecule has 0 saturated carbocycles. The summed E-state index contributed by atoms with van der Waals surface area (Å²) in [5.74, 6) is -0.0165. The normalized spacial score (nSPS) is 13.5. The van der Waals surface area contributed by atoms with Crippen molar-refractivity contribution in [3.8, 4) is 0 Å². The Labute approximate surface area is 145 Å². The molecule has 0 radical (unpaired) electrons. The van der Waals surface area contributed by atoms with Gasteiger partial charge in [0, 0.05) is 39.6 Å². The van der Waals surface area contributed by atoms with E-state index >= 15 is 0 Å². The van der Waals surface area contributed by atoms with E-state index in [1.54, 1.807) is 20.3 Å². The third kappa shape index (κ3) is 4.08. The lowest BCUT2D eigenvalue weighted by Gasteiger charge is -2.29. The van der Waals surface area contributed by atoms with Gasteiger partial charge in [0.1, 0.15) is 6.61 Å². The molecule has 0 aromatic carbocycles. The largest absolute Gasteiger partial charge is 0.367 e. The highest BCUT2D eigenvalue weighted by Crippen LogP contribution is 2.24.